The number of carbonyl (C=O) groups is 4. The van der Waals surface area contributed by atoms with E-state index < -0.39 is 55.3 Å². The van der Waals surface area contributed by atoms with Gasteiger partial charge in [0.2, 0.25) is 5.91 Å². The molecule has 1 fully saturated rings. The van der Waals surface area contributed by atoms with Crippen LogP contribution in [0.5, 0.6) is 0 Å². The molecule has 229 valence electrons. The average Bonchev–Trinajstić information content (AvgIpc) is 3.75. The van der Waals surface area contributed by atoms with E-state index >= 15 is 0 Å². The monoisotopic (exact) mass is 612 g/mol. The van der Waals surface area contributed by atoms with Gasteiger partial charge in [-0.1, -0.05) is 30.3 Å². The molecule has 0 aromatic heterocycles. The number of nitrogens with zero attached hydrogens (tertiary/aromatic N) is 1. The van der Waals surface area contributed by atoms with Gasteiger partial charge in [-0.3, -0.25) is 19.2 Å². The third kappa shape index (κ3) is 6.77. The Bertz CT molecular complexity index is 1660. The number of carboxylic acid groups (broad SMARTS) is 1. The van der Waals surface area contributed by atoms with Gasteiger partial charge in [-0.2, -0.15) is 0 Å². The molecule has 1 saturated heterocycles. The molecule has 3 atom stereocenters. The molecule has 3 aliphatic rings. The van der Waals surface area contributed by atoms with E-state index in [0.717, 1.165) is 16.6 Å². The van der Waals surface area contributed by atoms with Crippen molar-refractivity contribution in [1.82, 2.24) is 15.5 Å². The number of halogens is 1. The van der Waals surface area contributed by atoms with Gasteiger partial charge in [-0.25, -0.2) is 4.39 Å². The van der Waals surface area contributed by atoms with Crippen molar-refractivity contribution >= 4 is 49.2 Å². The molecule has 11 nitrogen and oxygen atoms in total. The largest absolute Gasteiger partial charge is 0.491 e. The minimum Gasteiger partial charge on any atom is -0.481 e. The molecule has 0 bridgehead atoms. The summed E-state index contributed by atoms with van der Waals surface area (Å²) in [4.78, 5) is 53.8. The van der Waals surface area contributed by atoms with E-state index in [1.54, 1.807) is 31.7 Å². The van der Waals surface area contributed by atoms with Crippen molar-refractivity contribution in [2.24, 2.45) is 0 Å². The van der Waals surface area contributed by atoms with Crippen molar-refractivity contribution in [3.05, 3.63) is 94.3 Å². The lowest BCUT2D eigenvalue weighted by Crippen LogP contribution is -2.50. The molecule has 3 aromatic carbocycles. The molecule has 6 rings (SSSR count). The van der Waals surface area contributed by atoms with Crippen LogP contribution in [0.15, 0.2) is 60.7 Å². The Labute approximate surface area is 259 Å². The van der Waals surface area contributed by atoms with Crippen LogP contribution in [-0.2, 0) is 38.5 Å². The molecular formula is C31H29B2FN3O8. The average molecular weight is 612 g/mol. The molecule has 45 heavy (non-hydrogen) atoms. The predicted octanol–water partition coefficient (Wildman–Crippen LogP) is 0.0334. The standard InChI is InChI=1S/C31H29B2FN3O8/c34-22-7-1-17(2-8-22)9-23(13-28(38)39)35-30(41)27-12-24(36-29(40)18-3-5-20-15-44-32-25(20)10-18)14-37(27)31(42)19-4-6-21-16-45-33(43)26(21)11-19/h1-8,10-11,23-24,27,43H,9,12-16H2,(H,35,41)(H,36,40)(H,38,39)/t23-,24?,27-/m0/s1. The Balaban J connectivity index is 1.23. The predicted molar refractivity (Wildman–Crippen MR) is 160 cm³/mol. The van der Waals surface area contributed by atoms with E-state index in [2.05, 4.69) is 10.6 Å². The summed E-state index contributed by atoms with van der Waals surface area (Å²) < 4.78 is 24.0. The fourth-order valence-electron chi connectivity index (χ4n) is 5.98. The zero-order chi connectivity index (χ0) is 31.7. The number of likely N-dealkylation sites (tertiary alicyclic amines) is 1. The smallest absolute Gasteiger partial charge is 0.481 e. The minimum absolute atomic E-state index is 0.0144. The summed E-state index contributed by atoms with van der Waals surface area (Å²) in [5.41, 5.74) is 4.22. The maximum Gasteiger partial charge on any atom is 0.491 e. The van der Waals surface area contributed by atoms with Gasteiger partial charge in [0.05, 0.1) is 19.6 Å². The van der Waals surface area contributed by atoms with Crippen LogP contribution in [-0.4, -0.2) is 78.0 Å². The summed E-state index contributed by atoms with van der Waals surface area (Å²) >= 11 is 0. The van der Waals surface area contributed by atoms with Crippen LogP contribution in [0.2, 0.25) is 0 Å². The normalized spacial score (nSPS) is 19.0. The van der Waals surface area contributed by atoms with E-state index in [9.17, 15) is 33.7 Å². The lowest BCUT2D eigenvalue weighted by molar-refractivity contribution is -0.137. The Morgan fingerprint density at radius 3 is 2.56 bits per heavy atom. The second-order valence-electron chi connectivity index (χ2n) is 11.4. The lowest BCUT2D eigenvalue weighted by Gasteiger charge is -2.26. The number of nitrogens with one attached hydrogen (secondary N) is 2. The summed E-state index contributed by atoms with van der Waals surface area (Å²) in [6.45, 7) is 0.656. The molecule has 14 heteroatoms. The summed E-state index contributed by atoms with van der Waals surface area (Å²) in [5.74, 6) is -3.03. The minimum atomic E-state index is -1.17. The highest BCUT2D eigenvalue weighted by Crippen LogP contribution is 2.23. The fraction of sp³-hybridized carbons (Fsp3) is 0.290. The molecule has 1 radical (unpaired) electrons. The second kappa shape index (κ2) is 12.8. The highest BCUT2D eigenvalue weighted by molar-refractivity contribution is 6.61. The van der Waals surface area contributed by atoms with E-state index in [0.29, 0.717) is 23.2 Å². The first-order chi connectivity index (χ1) is 21.6. The molecule has 3 aliphatic heterocycles. The maximum atomic E-state index is 13.8. The van der Waals surface area contributed by atoms with Crippen molar-refractivity contribution in [3.8, 4) is 0 Å². The highest BCUT2D eigenvalue weighted by Gasteiger charge is 2.42. The highest BCUT2D eigenvalue weighted by atomic mass is 19.1. The maximum absolute atomic E-state index is 13.8. The Kier molecular flexibility index (Phi) is 8.70. The molecular weight excluding hydrogens is 583 g/mol. The van der Waals surface area contributed by atoms with Gasteiger partial charge in [0.25, 0.3) is 11.8 Å². The van der Waals surface area contributed by atoms with Crippen molar-refractivity contribution < 1.29 is 43.0 Å². The first-order valence-electron chi connectivity index (χ1n) is 14.5. The number of carbonyl (C=O) groups excluding carboxylic acids is 3. The number of aliphatic carboxylic acids is 1. The molecule has 0 saturated carbocycles. The van der Waals surface area contributed by atoms with Gasteiger partial charge in [0.15, 0.2) is 0 Å². The molecule has 0 aliphatic carbocycles. The molecule has 3 heterocycles. The van der Waals surface area contributed by atoms with Crippen LogP contribution in [0.3, 0.4) is 0 Å². The van der Waals surface area contributed by atoms with Crippen molar-refractivity contribution in [2.45, 2.75) is 50.6 Å². The van der Waals surface area contributed by atoms with Crippen molar-refractivity contribution in [3.63, 3.8) is 0 Å². The second-order valence-corrected chi connectivity index (χ2v) is 11.4. The number of amides is 3. The number of carboxylic acids is 1. The third-order valence-electron chi connectivity index (χ3n) is 8.28. The lowest BCUT2D eigenvalue weighted by atomic mass is 9.78. The van der Waals surface area contributed by atoms with Crippen LogP contribution in [0.1, 0.15) is 50.2 Å². The van der Waals surface area contributed by atoms with Crippen molar-refractivity contribution in [2.75, 3.05) is 6.54 Å². The third-order valence-corrected chi connectivity index (χ3v) is 8.28. The first kappa shape index (κ1) is 30.5. The number of hydrogen-bond acceptors (Lipinski definition) is 7. The summed E-state index contributed by atoms with van der Waals surface area (Å²) in [7, 11) is 0.413. The van der Waals surface area contributed by atoms with E-state index in [1.165, 1.54) is 35.2 Å². The van der Waals surface area contributed by atoms with Gasteiger partial charge in [0.1, 0.15) is 11.9 Å². The van der Waals surface area contributed by atoms with Gasteiger partial charge >= 0.3 is 20.6 Å². The van der Waals surface area contributed by atoms with E-state index in [-0.39, 0.29) is 37.5 Å². The van der Waals surface area contributed by atoms with Crippen LogP contribution in [0.4, 0.5) is 4.39 Å². The van der Waals surface area contributed by atoms with Gasteiger partial charge in [0, 0.05) is 29.8 Å². The Hall–Kier alpha value is -4.52. The number of benzene rings is 3. The van der Waals surface area contributed by atoms with Crippen LogP contribution in [0.25, 0.3) is 0 Å². The molecule has 1 unspecified atom stereocenters. The molecule has 4 N–H and O–H groups in total. The quantitative estimate of drug-likeness (QED) is 0.247. The van der Waals surface area contributed by atoms with Gasteiger partial charge < -0.3 is 35.0 Å². The SMILES string of the molecule is O=C(O)C[C@H](Cc1ccc(F)cc1)NC(=O)[C@@H]1CC(NC(=O)c2ccc3c(c2)[B]OC3)CN1C(=O)c1ccc2c(c1)B(O)OC2. The molecule has 0 spiro atoms. The zero-order valence-corrected chi connectivity index (χ0v) is 24.1. The number of rotatable bonds is 9. The summed E-state index contributed by atoms with van der Waals surface area (Å²) in [6, 6.07) is 13.1. The number of hydrogen-bond donors (Lipinski definition) is 4. The van der Waals surface area contributed by atoms with Crippen LogP contribution in [0, 0.1) is 5.82 Å². The first-order valence-corrected chi connectivity index (χ1v) is 14.5. The van der Waals surface area contributed by atoms with Gasteiger partial charge in [-0.05, 0) is 70.8 Å². The van der Waals surface area contributed by atoms with E-state index in [4.69, 9.17) is 9.31 Å². The Morgan fingerprint density at radius 2 is 1.78 bits per heavy atom. The zero-order valence-electron chi connectivity index (χ0n) is 24.1. The van der Waals surface area contributed by atoms with Crippen LogP contribution >= 0.6 is 0 Å². The van der Waals surface area contributed by atoms with Gasteiger partial charge in [-0.15, -0.1) is 0 Å². The number of fused-ring (bicyclic) bond motifs is 2. The topological polar surface area (TPSA) is 154 Å². The van der Waals surface area contributed by atoms with E-state index in [1.807, 2.05) is 6.07 Å². The molecule has 3 amide bonds. The summed E-state index contributed by atoms with van der Waals surface area (Å²) in [6.07, 6.45) is -0.191. The van der Waals surface area contributed by atoms with Crippen molar-refractivity contribution in [1.29, 1.82) is 0 Å². The summed E-state index contributed by atoms with van der Waals surface area (Å²) in [5, 5.41) is 25.4. The Morgan fingerprint density at radius 1 is 1.02 bits per heavy atom. The molecule has 3 aromatic rings. The fourth-order valence-corrected chi connectivity index (χ4v) is 5.98. The van der Waals surface area contributed by atoms with Crippen LogP contribution < -0.4 is 21.6 Å².